The lowest BCUT2D eigenvalue weighted by Crippen LogP contribution is -2.48. The molecule has 1 aromatic heterocycles. The number of piperazine rings is 1. The predicted molar refractivity (Wildman–Crippen MR) is 114 cm³/mol. The molecule has 0 bridgehead atoms. The number of amides is 1. The molecule has 0 radical (unpaired) electrons. The molecule has 0 unspecified atom stereocenters. The van der Waals surface area contributed by atoms with Crippen LogP contribution in [0, 0.1) is 0 Å². The van der Waals surface area contributed by atoms with E-state index in [1.54, 1.807) is 11.3 Å². The maximum atomic E-state index is 12.6. The highest BCUT2D eigenvalue weighted by atomic mass is 35.5. The number of carbonyl (C=O) groups excluding carboxylic acids is 1. The zero-order valence-electron chi connectivity index (χ0n) is 16.3. The van der Waals surface area contributed by atoms with Gasteiger partial charge < -0.3 is 10.6 Å². The second-order valence-electron chi connectivity index (χ2n) is 7.86. The molecule has 3 rings (SSSR count). The van der Waals surface area contributed by atoms with E-state index < -0.39 is 0 Å². The summed E-state index contributed by atoms with van der Waals surface area (Å²) in [6, 6.07) is 7.61. The number of halogens is 1. The normalized spacial score (nSPS) is 15.5. The number of benzene rings is 1. The van der Waals surface area contributed by atoms with Crippen LogP contribution in [0.25, 0.3) is 0 Å². The molecule has 1 amide bonds. The third kappa shape index (κ3) is 5.51. The molecular weight excluding hydrogens is 380 g/mol. The van der Waals surface area contributed by atoms with Crippen molar-refractivity contribution in [3.63, 3.8) is 0 Å². The largest absolute Gasteiger partial charge is 0.336 e. The van der Waals surface area contributed by atoms with Crippen molar-refractivity contribution in [1.82, 2.24) is 14.8 Å². The first-order valence-corrected chi connectivity index (χ1v) is 10.0. The van der Waals surface area contributed by atoms with Crippen molar-refractivity contribution in [2.45, 2.75) is 39.3 Å². The Morgan fingerprint density at radius 3 is 2.30 bits per heavy atom. The highest BCUT2D eigenvalue weighted by molar-refractivity contribution is 7.09. The van der Waals surface area contributed by atoms with Gasteiger partial charge in [0.1, 0.15) is 0 Å². The van der Waals surface area contributed by atoms with Crippen LogP contribution in [0.4, 0.5) is 0 Å². The number of hydrogen-bond acceptors (Lipinski definition) is 5. The molecule has 148 valence electrons. The SMILES string of the molecule is CC(C)(C)c1nc(CN2CCN(C(=O)c3ccc(CN)cc3)CC2)cs1.Cl. The first-order valence-electron chi connectivity index (χ1n) is 9.12. The van der Waals surface area contributed by atoms with E-state index in [2.05, 4.69) is 31.1 Å². The first kappa shape index (κ1) is 21.8. The van der Waals surface area contributed by atoms with Gasteiger partial charge in [-0.05, 0) is 17.7 Å². The Balaban J connectivity index is 0.00000261. The Hall–Kier alpha value is -1.47. The van der Waals surface area contributed by atoms with Gasteiger partial charge in [-0.1, -0.05) is 32.9 Å². The average Bonchev–Trinajstić information content (AvgIpc) is 3.11. The van der Waals surface area contributed by atoms with Crippen LogP contribution >= 0.6 is 23.7 Å². The summed E-state index contributed by atoms with van der Waals surface area (Å²) >= 11 is 1.74. The summed E-state index contributed by atoms with van der Waals surface area (Å²) in [5.41, 5.74) is 8.64. The van der Waals surface area contributed by atoms with Crippen LogP contribution in [-0.4, -0.2) is 46.9 Å². The molecule has 1 saturated heterocycles. The summed E-state index contributed by atoms with van der Waals surface area (Å²) in [6.45, 7) is 11.2. The molecule has 1 aromatic carbocycles. The van der Waals surface area contributed by atoms with E-state index in [-0.39, 0.29) is 23.7 Å². The van der Waals surface area contributed by atoms with E-state index in [1.165, 1.54) is 5.01 Å². The van der Waals surface area contributed by atoms with Gasteiger partial charge in [0.25, 0.3) is 5.91 Å². The highest BCUT2D eigenvalue weighted by Gasteiger charge is 2.23. The fourth-order valence-electron chi connectivity index (χ4n) is 3.03. The predicted octanol–water partition coefficient (Wildman–Crippen LogP) is 3.28. The summed E-state index contributed by atoms with van der Waals surface area (Å²) in [6.07, 6.45) is 0. The number of nitrogens with zero attached hydrogens (tertiary/aromatic N) is 3. The summed E-state index contributed by atoms with van der Waals surface area (Å²) in [7, 11) is 0. The molecule has 0 spiro atoms. The quantitative estimate of drug-likeness (QED) is 0.843. The summed E-state index contributed by atoms with van der Waals surface area (Å²) in [5, 5.41) is 3.35. The minimum Gasteiger partial charge on any atom is -0.336 e. The number of rotatable bonds is 4. The van der Waals surface area contributed by atoms with E-state index in [0.29, 0.717) is 6.54 Å². The van der Waals surface area contributed by atoms with Gasteiger partial charge >= 0.3 is 0 Å². The molecule has 27 heavy (non-hydrogen) atoms. The van der Waals surface area contributed by atoms with Crippen molar-refractivity contribution in [1.29, 1.82) is 0 Å². The van der Waals surface area contributed by atoms with Crippen molar-refractivity contribution in [2.75, 3.05) is 26.2 Å². The van der Waals surface area contributed by atoms with Gasteiger partial charge in [0.05, 0.1) is 10.7 Å². The van der Waals surface area contributed by atoms with Crippen molar-refractivity contribution >= 4 is 29.7 Å². The Bertz CT molecular complexity index is 746. The highest BCUT2D eigenvalue weighted by Crippen LogP contribution is 2.26. The lowest BCUT2D eigenvalue weighted by atomic mass is 9.98. The summed E-state index contributed by atoms with van der Waals surface area (Å²) < 4.78 is 0. The van der Waals surface area contributed by atoms with Gasteiger partial charge in [-0.3, -0.25) is 9.69 Å². The molecule has 0 aliphatic carbocycles. The Kier molecular flexibility index (Phi) is 7.40. The van der Waals surface area contributed by atoms with Crippen LogP contribution in [-0.2, 0) is 18.5 Å². The van der Waals surface area contributed by atoms with Gasteiger partial charge in [0.15, 0.2) is 0 Å². The monoisotopic (exact) mass is 408 g/mol. The van der Waals surface area contributed by atoms with Gasteiger partial charge in [0.2, 0.25) is 0 Å². The fourth-order valence-corrected chi connectivity index (χ4v) is 3.93. The van der Waals surface area contributed by atoms with Crippen LogP contribution < -0.4 is 5.73 Å². The molecule has 1 aliphatic rings. The number of thiazole rings is 1. The van der Waals surface area contributed by atoms with Gasteiger partial charge in [-0.25, -0.2) is 4.98 Å². The Morgan fingerprint density at radius 1 is 1.15 bits per heavy atom. The second kappa shape index (κ2) is 9.15. The third-order valence-corrected chi connectivity index (χ3v) is 5.99. The Morgan fingerprint density at radius 2 is 1.78 bits per heavy atom. The van der Waals surface area contributed by atoms with E-state index >= 15 is 0 Å². The molecule has 5 nitrogen and oxygen atoms in total. The first-order chi connectivity index (χ1) is 12.4. The molecule has 2 aromatic rings. The van der Waals surface area contributed by atoms with Crippen LogP contribution in [0.15, 0.2) is 29.6 Å². The number of carbonyl (C=O) groups is 1. The molecule has 2 heterocycles. The molecule has 1 aliphatic heterocycles. The zero-order valence-corrected chi connectivity index (χ0v) is 17.9. The molecule has 0 atom stereocenters. The Labute approximate surface area is 172 Å². The van der Waals surface area contributed by atoms with Crippen molar-refractivity contribution in [3.05, 3.63) is 51.5 Å². The van der Waals surface area contributed by atoms with E-state index in [0.717, 1.165) is 49.5 Å². The van der Waals surface area contributed by atoms with Crippen molar-refractivity contribution in [2.24, 2.45) is 5.73 Å². The lowest BCUT2D eigenvalue weighted by Gasteiger charge is -2.34. The van der Waals surface area contributed by atoms with E-state index in [4.69, 9.17) is 10.7 Å². The lowest BCUT2D eigenvalue weighted by molar-refractivity contribution is 0.0627. The van der Waals surface area contributed by atoms with Gasteiger partial charge in [0, 0.05) is 55.6 Å². The van der Waals surface area contributed by atoms with Crippen LogP contribution in [0.2, 0.25) is 0 Å². The van der Waals surface area contributed by atoms with Crippen LogP contribution in [0.3, 0.4) is 0 Å². The molecule has 7 heteroatoms. The second-order valence-corrected chi connectivity index (χ2v) is 8.72. The van der Waals surface area contributed by atoms with Crippen LogP contribution in [0.1, 0.15) is 47.4 Å². The fraction of sp³-hybridized carbons (Fsp3) is 0.500. The van der Waals surface area contributed by atoms with E-state index in [1.807, 2.05) is 29.2 Å². The topological polar surface area (TPSA) is 62.5 Å². The minimum atomic E-state index is 0. The summed E-state index contributed by atoms with van der Waals surface area (Å²) in [4.78, 5) is 21.7. The summed E-state index contributed by atoms with van der Waals surface area (Å²) in [5.74, 6) is 0.108. The van der Waals surface area contributed by atoms with Crippen LogP contribution in [0.5, 0.6) is 0 Å². The maximum absolute atomic E-state index is 12.6. The molecule has 2 N–H and O–H groups in total. The molecule has 1 fully saturated rings. The number of hydrogen-bond donors (Lipinski definition) is 1. The number of nitrogens with two attached hydrogens (primary N) is 1. The van der Waals surface area contributed by atoms with Gasteiger partial charge in [-0.2, -0.15) is 0 Å². The standard InChI is InChI=1S/C20H28N4OS.ClH/c1-20(2,3)19-22-17(14-26-19)13-23-8-10-24(11-9-23)18(25)16-6-4-15(12-21)5-7-16;/h4-7,14H,8-13,21H2,1-3H3;1H. The van der Waals surface area contributed by atoms with Crippen molar-refractivity contribution in [3.8, 4) is 0 Å². The molecule has 0 saturated carbocycles. The van der Waals surface area contributed by atoms with Crippen molar-refractivity contribution < 1.29 is 4.79 Å². The zero-order chi connectivity index (χ0) is 18.7. The minimum absolute atomic E-state index is 0. The van der Waals surface area contributed by atoms with E-state index in [9.17, 15) is 4.79 Å². The maximum Gasteiger partial charge on any atom is 0.253 e. The smallest absolute Gasteiger partial charge is 0.253 e. The average molecular weight is 409 g/mol. The number of aromatic nitrogens is 1. The van der Waals surface area contributed by atoms with Gasteiger partial charge in [-0.15, -0.1) is 23.7 Å². The third-order valence-electron chi connectivity index (χ3n) is 4.68. The molecular formula is C20H29ClN4OS.